The molecule has 3 aromatic rings. The Kier molecular flexibility index (Phi) is 2.99. The van der Waals surface area contributed by atoms with Gasteiger partial charge in [-0.05, 0) is 24.6 Å². The SMILES string of the molecule is CC(C(=O)O)c1ccc2c(-c3ccccc3)noc2c1. The number of hydrogen-bond donors (Lipinski definition) is 1. The van der Waals surface area contributed by atoms with Crippen LogP contribution in [0.15, 0.2) is 53.1 Å². The van der Waals surface area contributed by atoms with E-state index in [2.05, 4.69) is 5.16 Å². The van der Waals surface area contributed by atoms with E-state index in [1.165, 1.54) is 0 Å². The molecule has 4 nitrogen and oxygen atoms in total. The number of aliphatic carboxylic acids is 1. The van der Waals surface area contributed by atoms with E-state index in [-0.39, 0.29) is 0 Å². The van der Waals surface area contributed by atoms with E-state index in [9.17, 15) is 4.79 Å². The van der Waals surface area contributed by atoms with Gasteiger partial charge in [0.25, 0.3) is 0 Å². The van der Waals surface area contributed by atoms with E-state index in [1.807, 2.05) is 42.5 Å². The van der Waals surface area contributed by atoms with Crippen molar-refractivity contribution in [1.82, 2.24) is 5.16 Å². The fourth-order valence-electron chi connectivity index (χ4n) is 2.17. The minimum absolute atomic E-state index is 0.565. The third-order valence-corrected chi connectivity index (χ3v) is 3.41. The van der Waals surface area contributed by atoms with Crippen LogP contribution in [0, 0.1) is 0 Å². The monoisotopic (exact) mass is 267 g/mol. The van der Waals surface area contributed by atoms with Crippen molar-refractivity contribution >= 4 is 16.9 Å². The molecule has 1 atom stereocenters. The van der Waals surface area contributed by atoms with Gasteiger partial charge in [-0.15, -0.1) is 0 Å². The molecule has 1 aromatic heterocycles. The Bertz CT molecular complexity index is 762. The molecule has 0 fully saturated rings. The molecule has 1 heterocycles. The fraction of sp³-hybridized carbons (Fsp3) is 0.125. The molecule has 4 heteroatoms. The van der Waals surface area contributed by atoms with Gasteiger partial charge in [0.2, 0.25) is 0 Å². The number of hydrogen-bond acceptors (Lipinski definition) is 3. The Morgan fingerprint density at radius 1 is 1.20 bits per heavy atom. The van der Waals surface area contributed by atoms with E-state index in [1.54, 1.807) is 13.0 Å². The van der Waals surface area contributed by atoms with Crippen LogP contribution in [0.5, 0.6) is 0 Å². The van der Waals surface area contributed by atoms with Gasteiger partial charge in [-0.1, -0.05) is 41.6 Å². The first-order chi connectivity index (χ1) is 9.66. The lowest BCUT2D eigenvalue weighted by Gasteiger charge is -2.05. The summed E-state index contributed by atoms with van der Waals surface area (Å²) in [7, 11) is 0. The molecule has 0 saturated heterocycles. The van der Waals surface area contributed by atoms with Crippen LogP contribution in [0.4, 0.5) is 0 Å². The van der Waals surface area contributed by atoms with E-state index in [0.717, 1.165) is 16.6 Å². The molecule has 0 bridgehead atoms. The lowest BCUT2D eigenvalue weighted by atomic mass is 9.99. The van der Waals surface area contributed by atoms with Crippen molar-refractivity contribution in [3.63, 3.8) is 0 Å². The number of carbonyl (C=O) groups is 1. The van der Waals surface area contributed by atoms with Gasteiger partial charge >= 0.3 is 5.97 Å². The highest BCUT2D eigenvalue weighted by molar-refractivity contribution is 5.92. The molecule has 0 aliphatic heterocycles. The van der Waals surface area contributed by atoms with Gasteiger partial charge in [-0.2, -0.15) is 0 Å². The van der Waals surface area contributed by atoms with Gasteiger partial charge in [-0.3, -0.25) is 4.79 Å². The number of carboxylic acids is 1. The van der Waals surface area contributed by atoms with Crippen LogP contribution in [0.3, 0.4) is 0 Å². The summed E-state index contributed by atoms with van der Waals surface area (Å²) >= 11 is 0. The molecule has 0 amide bonds. The van der Waals surface area contributed by atoms with Crippen LogP contribution in [-0.4, -0.2) is 16.2 Å². The number of rotatable bonds is 3. The normalized spacial score (nSPS) is 12.4. The zero-order valence-corrected chi connectivity index (χ0v) is 10.9. The molecule has 2 aromatic carbocycles. The summed E-state index contributed by atoms with van der Waals surface area (Å²) in [4.78, 5) is 11.0. The zero-order chi connectivity index (χ0) is 14.1. The standard InChI is InChI=1S/C16H13NO3/c1-10(16(18)19)12-7-8-13-14(9-12)20-17-15(13)11-5-3-2-4-6-11/h2-10H,1H3,(H,18,19). The van der Waals surface area contributed by atoms with Crippen molar-refractivity contribution in [3.05, 3.63) is 54.1 Å². The summed E-state index contributed by atoms with van der Waals surface area (Å²) in [6, 6.07) is 15.2. The largest absolute Gasteiger partial charge is 0.481 e. The quantitative estimate of drug-likeness (QED) is 0.786. The van der Waals surface area contributed by atoms with Gasteiger partial charge in [0, 0.05) is 10.9 Å². The fourth-order valence-corrected chi connectivity index (χ4v) is 2.17. The highest BCUT2D eigenvalue weighted by atomic mass is 16.5. The molecule has 0 aliphatic carbocycles. The van der Waals surface area contributed by atoms with Crippen LogP contribution in [0.1, 0.15) is 18.4 Å². The van der Waals surface area contributed by atoms with Gasteiger partial charge in [0.05, 0.1) is 5.92 Å². The highest BCUT2D eigenvalue weighted by Crippen LogP contribution is 2.30. The van der Waals surface area contributed by atoms with Crippen molar-refractivity contribution < 1.29 is 14.4 Å². The van der Waals surface area contributed by atoms with E-state index in [0.29, 0.717) is 11.1 Å². The number of fused-ring (bicyclic) bond motifs is 1. The first kappa shape index (κ1) is 12.4. The molecule has 0 spiro atoms. The van der Waals surface area contributed by atoms with E-state index in [4.69, 9.17) is 9.63 Å². The molecule has 0 aliphatic rings. The van der Waals surface area contributed by atoms with Crippen molar-refractivity contribution in [2.75, 3.05) is 0 Å². The molecule has 100 valence electrons. The van der Waals surface area contributed by atoms with Gasteiger partial charge < -0.3 is 9.63 Å². The van der Waals surface area contributed by atoms with Crippen LogP contribution >= 0.6 is 0 Å². The zero-order valence-electron chi connectivity index (χ0n) is 10.9. The molecule has 3 rings (SSSR count). The van der Waals surface area contributed by atoms with Gasteiger partial charge in [-0.25, -0.2) is 0 Å². The van der Waals surface area contributed by atoms with Crippen molar-refractivity contribution in [2.45, 2.75) is 12.8 Å². The average Bonchev–Trinajstić information content (AvgIpc) is 2.90. The molecule has 0 saturated carbocycles. The topological polar surface area (TPSA) is 63.3 Å². The van der Waals surface area contributed by atoms with Crippen LogP contribution in [-0.2, 0) is 4.79 Å². The van der Waals surface area contributed by atoms with Crippen molar-refractivity contribution in [1.29, 1.82) is 0 Å². The maximum Gasteiger partial charge on any atom is 0.310 e. The Labute approximate surface area is 115 Å². The Balaban J connectivity index is 2.09. The minimum Gasteiger partial charge on any atom is -0.481 e. The van der Waals surface area contributed by atoms with Gasteiger partial charge in [0.15, 0.2) is 5.58 Å². The first-order valence-corrected chi connectivity index (χ1v) is 6.34. The maximum atomic E-state index is 11.0. The predicted octanol–water partition coefficient (Wildman–Crippen LogP) is 3.68. The summed E-state index contributed by atoms with van der Waals surface area (Å²) in [5, 5.41) is 14.0. The second kappa shape index (κ2) is 4.81. The number of carboxylic acid groups (broad SMARTS) is 1. The van der Waals surface area contributed by atoms with Gasteiger partial charge in [0.1, 0.15) is 5.69 Å². The third kappa shape index (κ3) is 2.05. The summed E-state index contributed by atoms with van der Waals surface area (Å²) in [6.45, 7) is 1.65. The average molecular weight is 267 g/mol. The number of benzene rings is 2. The second-order valence-corrected chi connectivity index (χ2v) is 4.71. The second-order valence-electron chi connectivity index (χ2n) is 4.71. The summed E-state index contributed by atoms with van der Waals surface area (Å²) in [5.74, 6) is -1.42. The van der Waals surface area contributed by atoms with Crippen LogP contribution < -0.4 is 0 Å². The van der Waals surface area contributed by atoms with Crippen molar-refractivity contribution in [3.8, 4) is 11.3 Å². The van der Waals surface area contributed by atoms with E-state index < -0.39 is 11.9 Å². The maximum absolute atomic E-state index is 11.0. The Hall–Kier alpha value is -2.62. The van der Waals surface area contributed by atoms with E-state index >= 15 is 0 Å². The lowest BCUT2D eigenvalue weighted by molar-refractivity contribution is -0.138. The lowest BCUT2D eigenvalue weighted by Crippen LogP contribution is -2.06. The summed E-state index contributed by atoms with van der Waals surface area (Å²) in [5.41, 5.74) is 3.07. The smallest absolute Gasteiger partial charge is 0.310 e. The highest BCUT2D eigenvalue weighted by Gasteiger charge is 2.16. The van der Waals surface area contributed by atoms with Crippen LogP contribution in [0.25, 0.3) is 22.2 Å². The molecular weight excluding hydrogens is 254 g/mol. The first-order valence-electron chi connectivity index (χ1n) is 6.34. The molecule has 0 radical (unpaired) electrons. The predicted molar refractivity (Wildman–Crippen MR) is 75.5 cm³/mol. The molecule has 20 heavy (non-hydrogen) atoms. The molecule has 1 N–H and O–H groups in total. The summed E-state index contributed by atoms with van der Waals surface area (Å²) in [6.07, 6.45) is 0. The Morgan fingerprint density at radius 3 is 2.65 bits per heavy atom. The number of nitrogens with zero attached hydrogens (tertiary/aromatic N) is 1. The third-order valence-electron chi connectivity index (χ3n) is 3.41. The summed E-state index contributed by atoms with van der Waals surface area (Å²) < 4.78 is 5.33. The number of aromatic nitrogens is 1. The van der Waals surface area contributed by atoms with Crippen molar-refractivity contribution in [2.24, 2.45) is 0 Å². The molecule has 1 unspecified atom stereocenters. The Morgan fingerprint density at radius 2 is 1.95 bits per heavy atom. The minimum atomic E-state index is -0.854. The molecular formula is C16H13NO3. The van der Waals surface area contributed by atoms with Crippen LogP contribution in [0.2, 0.25) is 0 Å².